The van der Waals surface area contributed by atoms with Crippen LogP contribution in [0.2, 0.25) is 0 Å². The number of ether oxygens (including phenoxy) is 1. The van der Waals surface area contributed by atoms with E-state index in [1.54, 1.807) is 7.11 Å². The summed E-state index contributed by atoms with van der Waals surface area (Å²) in [7, 11) is 3.67. The van der Waals surface area contributed by atoms with Crippen LogP contribution in [0.5, 0.6) is 0 Å². The molecule has 0 spiro atoms. The lowest BCUT2D eigenvalue weighted by Gasteiger charge is -2.14. The Balaban J connectivity index is 2.12. The largest absolute Gasteiger partial charge is 0.373 e. The number of aromatic nitrogens is 2. The van der Waals surface area contributed by atoms with Crippen LogP contribution in [0.4, 0.5) is 0 Å². The van der Waals surface area contributed by atoms with Crippen molar-refractivity contribution in [3.05, 3.63) is 11.7 Å². The molecule has 0 bridgehead atoms. The molecule has 5 heteroatoms. The van der Waals surface area contributed by atoms with E-state index < -0.39 is 0 Å². The smallest absolute Gasteiger partial charge is 0.231 e. The summed E-state index contributed by atoms with van der Waals surface area (Å²) in [5.41, 5.74) is 0. The van der Waals surface area contributed by atoms with Gasteiger partial charge in [0.1, 0.15) is 6.10 Å². The van der Waals surface area contributed by atoms with E-state index in [9.17, 15) is 0 Å². The molecule has 1 aliphatic rings. The molecule has 96 valence electrons. The van der Waals surface area contributed by atoms with Crippen LogP contribution in [-0.2, 0) is 4.74 Å². The van der Waals surface area contributed by atoms with Crippen molar-refractivity contribution < 1.29 is 9.26 Å². The van der Waals surface area contributed by atoms with Gasteiger partial charge in [0.05, 0.1) is 5.92 Å². The molecule has 0 saturated heterocycles. The summed E-state index contributed by atoms with van der Waals surface area (Å²) in [6.45, 7) is 2.05. The molecular weight excluding hydrogens is 218 g/mol. The highest BCUT2D eigenvalue weighted by Crippen LogP contribution is 2.34. The molecule has 1 N–H and O–H groups in total. The highest BCUT2D eigenvalue weighted by atomic mass is 16.5. The lowest BCUT2D eigenvalue weighted by molar-refractivity contribution is 0.0903. The van der Waals surface area contributed by atoms with Crippen LogP contribution in [0.3, 0.4) is 0 Å². The molecule has 2 rings (SSSR count). The van der Waals surface area contributed by atoms with E-state index in [0.29, 0.717) is 17.8 Å². The van der Waals surface area contributed by atoms with Gasteiger partial charge in [0.15, 0.2) is 0 Å². The summed E-state index contributed by atoms with van der Waals surface area (Å²) >= 11 is 0. The van der Waals surface area contributed by atoms with Gasteiger partial charge in [-0.15, -0.1) is 0 Å². The Bertz CT molecular complexity index is 349. The fourth-order valence-electron chi connectivity index (χ4n) is 2.58. The van der Waals surface area contributed by atoms with Gasteiger partial charge in [0.25, 0.3) is 0 Å². The summed E-state index contributed by atoms with van der Waals surface area (Å²) in [4.78, 5) is 4.49. The maximum absolute atomic E-state index is 5.38. The third kappa shape index (κ3) is 2.50. The van der Waals surface area contributed by atoms with Gasteiger partial charge < -0.3 is 14.6 Å². The van der Waals surface area contributed by atoms with E-state index in [0.717, 1.165) is 18.7 Å². The first-order valence-corrected chi connectivity index (χ1v) is 6.33. The minimum atomic E-state index is -0.0538. The zero-order valence-electron chi connectivity index (χ0n) is 10.8. The minimum absolute atomic E-state index is 0.0538. The van der Waals surface area contributed by atoms with E-state index in [1.807, 2.05) is 7.05 Å². The Morgan fingerprint density at radius 2 is 2.35 bits per heavy atom. The molecule has 17 heavy (non-hydrogen) atoms. The molecule has 3 atom stereocenters. The third-order valence-corrected chi connectivity index (χ3v) is 3.60. The third-order valence-electron chi connectivity index (χ3n) is 3.60. The summed E-state index contributed by atoms with van der Waals surface area (Å²) < 4.78 is 10.7. The van der Waals surface area contributed by atoms with Crippen molar-refractivity contribution in [2.24, 2.45) is 0 Å². The Hall–Kier alpha value is -0.940. The van der Waals surface area contributed by atoms with Gasteiger partial charge in [0.2, 0.25) is 11.7 Å². The standard InChI is InChI=1S/C12H21N3O2/c1-4-10(16-3)11-14-12(17-15-11)8-6-5-7-9(8)13-2/h8-10,13H,4-7H2,1-3H3. The van der Waals surface area contributed by atoms with E-state index >= 15 is 0 Å². The number of hydrogen-bond donors (Lipinski definition) is 1. The van der Waals surface area contributed by atoms with Crippen LogP contribution in [0, 0.1) is 0 Å². The molecule has 1 heterocycles. The second kappa shape index (κ2) is 5.60. The van der Waals surface area contributed by atoms with Gasteiger partial charge in [-0.1, -0.05) is 18.5 Å². The zero-order chi connectivity index (χ0) is 12.3. The van der Waals surface area contributed by atoms with Gasteiger partial charge in [-0.05, 0) is 26.3 Å². The fourth-order valence-corrected chi connectivity index (χ4v) is 2.58. The number of likely N-dealkylation sites (N-methyl/N-ethyl adjacent to an activating group) is 1. The Kier molecular flexibility index (Phi) is 4.12. The zero-order valence-corrected chi connectivity index (χ0v) is 10.8. The van der Waals surface area contributed by atoms with Crippen molar-refractivity contribution in [1.29, 1.82) is 0 Å². The maximum atomic E-state index is 5.38. The minimum Gasteiger partial charge on any atom is -0.373 e. The van der Waals surface area contributed by atoms with Gasteiger partial charge in [-0.25, -0.2) is 0 Å². The second-order valence-electron chi connectivity index (χ2n) is 4.56. The fraction of sp³-hybridized carbons (Fsp3) is 0.833. The highest BCUT2D eigenvalue weighted by molar-refractivity contribution is 5.03. The Morgan fingerprint density at radius 1 is 1.53 bits per heavy atom. The summed E-state index contributed by atoms with van der Waals surface area (Å²) in [6, 6.07) is 0.464. The molecule has 5 nitrogen and oxygen atoms in total. The average Bonchev–Trinajstić information content (AvgIpc) is 2.98. The summed E-state index contributed by atoms with van der Waals surface area (Å²) in [5, 5.41) is 7.35. The van der Waals surface area contributed by atoms with E-state index in [1.165, 1.54) is 12.8 Å². The van der Waals surface area contributed by atoms with E-state index in [4.69, 9.17) is 9.26 Å². The number of nitrogens with zero attached hydrogens (tertiary/aromatic N) is 2. The lowest BCUT2D eigenvalue weighted by Crippen LogP contribution is -2.27. The molecule has 0 amide bonds. The second-order valence-corrected chi connectivity index (χ2v) is 4.56. The molecule has 1 saturated carbocycles. The van der Waals surface area contributed by atoms with Crippen LogP contribution in [0.1, 0.15) is 56.3 Å². The molecule has 3 unspecified atom stereocenters. The number of rotatable bonds is 5. The maximum Gasteiger partial charge on any atom is 0.231 e. The van der Waals surface area contributed by atoms with Gasteiger partial charge >= 0.3 is 0 Å². The Morgan fingerprint density at radius 3 is 3.00 bits per heavy atom. The monoisotopic (exact) mass is 239 g/mol. The van der Waals surface area contributed by atoms with E-state index in [2.05, 4.69) is 22.4 Å². The molecule has 1 aliphatic carbocycles. The SMILES string of the molecule is CCC(OC)c1noc(C2CCCC2NC)n1. The van der Waals surface area contributed by atoms with Crippen LogP contribution in [0.15, 0.2) is 4.52 Å². The van der Waals surface area contributed by atoms with E-state index in [-0.39, 0.29) is 6.10 Å². The predicted molar refractivity (Wildman–Crippen MR) is 63.8 cm³/mol. The number of methoxy groups -OCH3 is 1. The molecule has 0 aliphatic heterocycles. The quantitative estimate of drug-likeness (QED) is 0.851. The van der Waals surface area contributed by atoms with Gasteiger partial charge in [0, 0.05) is 13.2 Å². The van der Waals surface area contributed by atoms with Crippen LogP contribution in [0.25, 0.3) is 0 Å². The molecule has 0 radical (unpaired) electrons. The van der Waals surface area contributed by atoms with Gasteiger partial charge in [-0.2, -0.15) is 4.98 Å². The van der Waals surface area contributed by atoms with Gasteiger partial charge in [-0.3, -0.25) is 0 Å². The van der Waals surface area contributed by atoms with Crippen LogP contribution in [-0.4, -0.2) is 30.3 Å². The number of nitrogens with one attached hydrogen (secondary N) is 1. The normalized spacial score (nSPS) is 26.3. The first kappa shape index (κ1) is 12.5. The van der Waals surface area contributed by atoms with Crippen molar-refractivity contribution in [3.8, 4) is 0 Å². The summed E-state index contributed by atoms with van der Waals surface area (Å²) in [5.74, 6) is 1.79. The van der Waals surface area contributed by atoms with Crippen molar-refractivity contribution in [2.75, 3.05) is 14.2 Å². The topological polar surface area (TPSA) is 60.2 Å². The molecular formula is C12H21N3O2. The van der Waals surface area contributed by atoms with Crippen LogP contribution >= 0.6 is 0 Å². The first-order chi connectivity index (χ1) is 8.30. The number of hydrogen-bond acceptors (Lipinski definition) is 5. The van der Waals surface area contributed by atoms with Crippen LogP contribution < -0.4 is 5.32 Å². The summed E-state index contributed by atoms with van der Waals surface area (Å²) in [6.07, 6.45) is 4.32. The molecule has 1 aromatic heterocycles. The van der Waals surface area contributed by atoms with Crippen molar-refractivity contribution >= 4 is 0 Å². The molecule has 0 aromatic carbocycles. The average molecular weight is 239 g/mol. The lowest BCUT2D eigenvalue weighted by atomic mass is 10.0. The molecule has 1 aromatic rings. The first-order valence-electron chi connectivity index (χ1n) is 6.33. The molecule has 1 fully saturated rings. The Labute approximate surface area is 102 Å². The van der Waals surface area contributed by atoms with Crippen molar-refractivity contribution in [1.82, 2.24) is 15.5 Å². The predicted octanol–water partition coefficient (Wildman–Crippen LogP) is 2.02. The van der Waals surface area contributed by atoms with Crippen molar-refractivity contribution in [2.45, 2.75) is 50.7 Å². The van der Waals surface area contributed by atoms with Crippen molar-refractivity contribution in [3.63, 3.8) is 0 Å². The highest BCUT2D eigenvalue weighted by Gasteiger charge is 2.32.